The van der Waals surface area contributed by atoms with Gasteiger partial charge in [-0.15, -0.1) is 6.42 Å². The minimum Gasteiger partial charge on any atom is -0.408 e. The zero-order valence-corrected chi connectivity index (χ0v) is 9.82. The summed E-state index contributed by atoms with van der Waals surface area (Å²) in [5.41, 5.74) is 0.702. The van der Waals surface area contributed by atoms with Crippen molar-refractivity contribution in [2.75, 3.05) is 6.26 Å². The molecule has 6 heteroatoms. The fourth-order valence-electron chi connectivity index (χ4n) is 1.52. The van der Waals surface area contributed by atoms with Crippen LogP contribution in [0.2, 0.25) is 0 Å². The fourth-order valence-corrected chi connectivity index (χ4v) is 2.15. The van der Waals surface area contributed by atoms with Crippen molar-refractivity contribution in [3.05, 3.63) is 28.7 Å². The Morgan fingerprint density at radius 1 is 1.47 bits per heavy atom. The normalized spacial score (nSPS) is 11.5. The van der Waals surface area contributed by atoms with Crippen LogP contribution in [0.15, 0.2) is 32.3 Å². The number of benzene rings is 1. The molecule has 0 unspecified atom stereocenters. The van der Waals surface area contributed by atoms with E-state index in [0.717, 1.165) is 6.26 Å². The lowest BCUT2D eigenvalue weighted by molar-refractivity contribution is 0.521. The molecule has 1 aromatic heterocycles. The van der Waals surface area contributed by atoms with E-state index in [2.05, 4.69) is 5.92 Å². The Balaban J connectivity index is 2.75. The van der Waals surface area contributed by atoms with Crippen LogP contribution in [0, 0.1) is 12.3 Å². The molecule has 0 fully saturated rings. The van der Waals surface area contributed by atoms with E-state index in [-0.39, 0.29) is 17.0 Å². The maximum atomic E-state index is 11.4. The first-order chi connectivity index (χ1) is 7.93. The van der Waals surface area contributed by atoms with Crippen LogP contribution in [0.3, 0.4) is 0 Å². The highest BCUT2D eigenvalue weighted by atomic mass is 32.2. The van der Waals surface area contributed by atoms with E-state index in [9.17, 15) is 13.2 Å². The van der Waals surface area contributed by atoms with Crippen LogP contribution in [0.25, 0.3) is 11.1 Å². The van der Waals surface area contributed by atoms with Crippen LogP contribution in [0.5, 0.6) is 0 Å². The second-order valence-electron chi connectivity index (χ2n) is 3.56. The van der Waals surface area contributed by atoms with Crippen LogP contribution in [0.1, 0.15) is 0 Å². The number of hydrogen-bond donors (Lipinski definition) is 0. The minimum absolute atomic E-state index is 0.0874. The van der Waals surface area contributed by atoms with Gasteiger partial charge in [0.2, 0.25) is 0 Å². The van der Waals surface area contributed by atoms with Crippen LogP contribution in [-0.2, 0) is 16.4 Å². The number of rotatable bonds is 2. The van der Waals surface area contributed by atoms with E-state index in [4.69, 9.17) is 10.8 Å². The predicted octanol–water partition coefficient (Wildman–Crippen LogP) is 0.631. The molecule has 17 heavy (non-hydrogen) atoms. The lowest BCUT2D eigenvalue weighted by Gasteiger charge is -1.98. The van der Waals surface area contributed by atoms with Crippen LogP contribution >= 0.6 is 0 Å². The van der Waals surface area contributed by atoms with Gasteiger partial charge in [0.05, 0.1) is 17.0 Å². The summed E-state index contributed by atoms with van der Waals surface area (Å²) < 4.78 is 28.9. The summed E-state index contributed by atoms with van der Waals surface area (Å²) in [6.07, 6.45) is 6.22. The molecule has 88 valence electrons. The van der Waals surface area contributed by atoms with Crippen molar-refractivity contribution in [2.24, 2.45) is 0 Å². The second-order valence-corrected chi connectivity index (χ2v) is 5.58. The molecule has 1 heterocycles. The quantitative estimate of drug-likeness (QED) is 0.734. The first-order valence-corrected chi connectivity index (χ1v) is 6.59. The largest absolute Gasteiger partial charge is 0.420 e. The van der Waals surface area contributed by atoms with E-state index in [1.54, 1.807) is 0 Å². The zero-order valence-electron chi connectivity index (χ0n) is 9.00. The van der Waals surface area contributed by atoms with Gasteiger partial charge < -0.3 is 4.42 Å². The number of nitrogens with zero attached hydrogens (tertiary/aromatic N) is 1. The Labute approximate surface area is 97.6 Å². The molecule has 2 aromatic rings. The highest BCUT2D eigenvalue weighted by molar-refractivity contribution is 7.90. The molecule has 1 aromatic carbocycles. The first kappa shape index (κ1) is 11.5. The van der Waals surface area contributed by atoms with Crippen molar-refractivity contribution in [3.8, 4) is 12.3 Å². The molecule has 0 saturated carbocycles. The zero-order chi connectivity index (χ0) is 12.6. The Morgan fingerprint density at radius 2 is 2.18 bits per heavy atom. The molecule has 0 aliphatic heterocycles. The highest BCUT2D eigenvalue weighted by Gasteiger charge is 2.13. The standard InChI is InChI=1S/C11H9NO4S/c1-3-6-12-9-5-4-8(17(2,14)15)7-10(9)16-11(12)13/h1,4-5,7H,6H2,2H3. The van der Waals surface area contributed by atoms with Gasteiger partial charge in [0.1, 0.15) is 0 Å². The van der Waals surface area contributed by atoms with Gasteiger partial charge in [0.15, 0.2) is 15.4 Å². The van der Waals surface area contributed by atoms with Gasteiger partial charge >= 0.3 is 5.76 Å². The van der Waals surface area contributed by atoms with Gasteiger partial charge in [-0.05, 0) is 12.1 Å². The van der Waals surface area contributed by atoms with Gasteiger partial charge in [-0.3, -0.25) is 4.57 Å². The molecule has 0 amide bonds. The monoisotopic (exact) mass is 251 g/mol. The third-order valence-electron chi connectivity index (χ3n) is 2.32. The third-order valence-corrected chi connectivity index (χ3v) is 3.43. The predicted molar refractivity (Wildman–Crippen MR) is 62.4 cm³/mol. The maximum absolute atomic E-state index is 11.4. The number of sulfone groups is 1. The lowest BCUT2D eigenvalue weighted by Crippen LogP contribution is -2.12. The van der Waals surface area contributed by atoms with E-state index < -0.39 is 15.6 Å². The Morgan fingerprint density at radius 3 is 2.76 bits per heavy atom. The van der Waals surface area contributed by atoms with E-state index >= 15 is 0 Å². The van der Waals surface area contributed by atoms with Crippen molar-refractivity contribution in [1.29, 1.82) is 0 Å². The molecule has 0 spiro atoms. The SMILES string of the molecule is C#CCn1c(=O)oc2cc(S(C)(=O)=O)ccc21. The van der Waals surface area contributed by atoms with Crippen molar-refractivity contribution in [2.45, 2.75) is 11.4 Å². The Hall–Kier alpha value is -2.00. The summed E-state index contributed by atoms with van der Waals surface area (Å²) in [6, 6.07) is 4.24. The third kappa shape index (κ3) is 1.97. The summed E-state index contributed by atoms with van der Waals surface area (Å²) in [5.74, 6) is 1.74. The van der Waals surface area contributed by atoms with Gasteiger partial charge in [-0.1, -0.05) is 5.92 Å². The summed E-state index contributed by atoms with van der Waals surface area (Å²) in [7, 11) is -3.32. The van der Waals surface area contributed by atoms with Crippen molar-refractivity contribution >= 4 is 20.9 Å². The number of hydrogen-bond acceptors (Lipinski definition) is 4. The molecule has 2 rings (SSSR count). The van der Waals surface area contributed by atoms with E-state index in [0.29, 0.717) is 5.52 Å². The van der Waals surface area contributed by atoms with Gasteiger partial charge in [-0.25, -0.2) is 13.2 Å². The van der Waals surface area contributed by atoms with E-state index in [1.165, 1.54) is 22.8 Å². The van der Waals surface area contributed by atoms with Gasteiger partial charge in [0, 0.05) is 12.3 Å². The molecule has 0 saturated heterocycles. The smallest absolute Gasteiger partial charge is 0.408 e. The fraction of sp³-hybridized carbons (Fsp3) is 0.182. The molecular weight excluding hydrogens is 242 g/mol. The average molecular weight is 251 g/mol. The van der Waals surface area contributed by atoms with Crippen LogP contribution in [0.4, 0.5) is 0 Å². The summed E-state index contributed by atoms with van der Waals surface area (Å²) in [4.78, 5) is 11.5. The molecule has 0 aliphatic rings. The number of aromatic nitrogens is 1. The number of fused-ring (bicyclic) bond motifs is 1. The van der Waals surface area contributed by atoms with Gasteiger partial charge in [0.25, 0.3) is 0 Å². The number of oxazole rings is 1. The van der Waals surface area contributed by atoms with Crippen molar-refractivity contribution in [1.82, 2.24) is 4.57 Å². The molecule has 0 bridgehead atoms. The molecule has 0 N–H and O–H groups in total. The lowest BCUT2D eigenvalue weighted by atomic mass is 10.3. The highest BCUT2D eigenvalue weighted by Crippen LogP contribution is 2.18. The summed E-state index contributed by atoms with van der Waals surface area (Å²) in [5, 5.41) is 0. The molecule has 0 radical (unpaired) electrons. The van der Waals surface area contributed by atoms with E-state index in [1.807, 2.05) is 0 Å². The first-order valence-electron chi connectivity index (χ1n) is 4.70. The Kier molecular flexibility index (Phi) is 2.56. The van der Waals surface area contributed by atoms with Crippen molar-refractivity contribution in [3.63, 3.8) is 0 Å². The van der Waals surface area contributed by atoms with Gasteiger partial charge in [-0.2, -0.15) is 0 Å². The van der Waals surface area contributed by atoms with Crippen molar-refractivity contribution < 1.29 is 12.8 Å². The maximum Gasteiger partial charge on any atom is 0.420 e. The second kappa shape index (κ2) is 3.79. The summed E-state index contributed by atoms with van der Waals surface area (Å²) in [6.45, 7) is 0.0874. The minimum atomic E-state index is -3.32. The molecule has 5 nitrogen and oxygen atoms in total. The topological polar surface area (TPSA) is 69.3 Å². The van der Waals surface area contributed by atoms with Crippen LogP contribution in [-0.4, -0.2) is 19.2 Å². The summed E-state index contributed by atoms with van der Waals surface area (Å²) >= 11 is 0. The van der Waals surface area contributed by atoms with Crippen LogP contribution < -0.4 is 5.76 Å². The average Bonchev–Trinajstić information content (AvgIpc) is 2.54. The molecule has 0 atom stereocenters. The Bertz CT molecular complexity index is 774. The molecule has 0 aliphatic carbocycles. The molecular formula is C11H9NO4S. The number of terminal acetylenes is 1.